The topological polar surface area (TPSA) is 72.2 Å². The smallest absolute Gasteiger partial charge is 0.276 e. The molecule has 1 amide bonds. The zero-order valence-electron chi connectivity index (χ0n) is 12.5. The van der Waals surface area contributed by atoms with Crippen molar-refractivity contribution in [1.82, 2.24) is 5.32 Å². The highest BCUT2D eigenvalue weighted by Crippen LogP contribution is 2.23. The minimum Gasteiger partial charge on any atom is -0.346 e. The number of hydrogen-bond acceptors (Lipinski definition) is 3. The van der Waals surface area contributed by atoms with Gasteiger partial charge in [-0.15, -0.1) is 0 Å². The van der Waals surface area contributed by atoms with E-state index in [1.54, 1.807) is 6.92 Å². The van der Waals surface area contributed by atoms with Gasteiger partial charge in [0.15, 0.2) is 0 Å². The average molecular weight is 381 g/mol. The van der Waals surface area contributed by atoms with Crippen LogP contribution in [-0.4, -0.2) is 10.8 Å². The lowest BCUT2D eigenvalue weighted by atomic mass is 10.1. The maximum atomic E-state index is 13.8. The van der Waals surface area contributed by atoms with Gasteiger partial charge in [-0.1, -0.05) is 28.1 Å². The van der Waals surface area contributed by atoms with Crippen LogP contribution >= 0.6 is 15.9 Å². The zero-order chi connectivity index (χ0) is 17.1. The van der Waals surface area contributed by atoms with Crippen molar-refractivity contribution >= 4 is 27.5 Å². The van der Waals surface area contributed by atoms with E-state index in [0.29, 0.717) is 0 Å². The Hall–Kier alpha value is -2.28. The molecule has 5 nitrogen and oxygen atoms in total. The van der Waals surface area contributed by atoms with E-state index in [1.165, 1.54) is 6.92 Å². The summed E-state index contributed by atoms with van der Waals surface area (Å²) in [6.45, 7) is 3.08. The van der Waals surface area contributed by atoms with Crippen molar-refractivity contribution in [3.63, 3.8) is 0 Å². The molecule has 23 heavy (non-hydrogen) atoms. The van der Waals surface area contributed by atoms with Crippen molar-refractivity contribution in [3.8, 4) is 0 Å². The molecule has 0 aliphatic rings. The number of carbonyl (C=O) groups is 1. The van der Waals surface area contributed by atoms with Crippen molar-refractivity contribution in [3.05, 3.63) is 73.5 Å². The highest BCUT2D eigenvalue weighted by molar-refractivity contribution is 9.10. The summed E-state index contributed by atoms with van der Waals surface area (Å²) < 4.78 is 14.7. The Morgan fingerprint density at radius 1 is 1.30 bits per heavy atom. The second-order valence-corrected chi connectivity index (χ2v) is 6.02. The number of nitrogens with zero attached hydrogens (tertiary/aromatic N) is 1. The largest absolute Gasteiger partial charge is 0.346 e. The van der Waals surface area contributed by atoms with Gasteiger partial charge in [0.25, 0.3) is 11.6 Å². The first-order valence-electron chi connectivity index (χ1n) is 6.80. The van der Waals surface area contributed by atoms with Crippen LogP contribution in [0.5, 0.6) is 0 Å². The van der Waals surface area contributed by atoms with Gasteiger partial charge < -0.3 is 5.32 Å². The third-order valence-corrected chi connectivity index (χ3v) is 4.02. The van der Waals surface area contributed by atoms with E-state index in [0.717, 1.165) is 22.2 Å². The van der Waals surface area contributed by atoms with Gasteiger partial charge in [-0.25, -0.2) is 4.39 Å². The Kier molecular flexibility index (Phi) is 5.10. The monoisotopic (exact) mass is 380 g/mol. The van der Waals surface area contributed by atoms with Crippen LogP contribution < -0.4 is 5.32 Å². The molecule has 120 valence electrons. The van der Waals surface area contributed by atoms with Gasteiger partial charge in [0.05, 0.1) is 16.5 Å². The SMILES string of the molecule is Cc1c(F)cc(C(=O)NC(C)c2ccc(Br)cc2)cc1[N+](=O)[O-]. The lowest BCUT2D eigenvalue weighted by molar-refractivity contribution is -0.385. The summed E-state index contributed by atoms with van der Waals surface area (Å²) in [5.41, 5.74) is 0.284. The molecule has 0 aromatic heterocycles. The molecule has 1 atom stereocenters. The number of hydrogen-bond donors (Lipinski definition) is 1. The van der Waals surface area contributed by atoms with Crippen LogP contribution in [0.25, 0.3) is 0 Å². The summed E-state index contributed by atoms with van der Waals surface area (Å²) in [7, 11) is 0. The predicted octanol–water partition coefficient (Wildman–Crippen LogP) is 4.30. The van der Waals surface area contributed by atoms with Crippen LogP contribution in [-0.2, 0) is 0 Å². The summed E-state index contributed by atoms with van der Waals surface area (Å²) >= 11 is 3.33. The molecule has 0 radical (unpaired) electrons. The van der Waals surface area contributed by atoms with E-state index in [1.807, 2.05) is 24.3 Å². The molecule has 0 heterocycles. The van der Waals surface area contributed by atoms with Crippen LogP contribution in [0.3, 0.4) is 0 Å². The van der Waals surface area contributed by atoms with E-state index in [2.05, 4.69) is 21.2 Å². The van der Waals surface area contributed by atoms with Crippen molar-refractivity contribution in [2.24, 2.45) is 0 Å². The van der Waals surface area contributed by atoms with E-state index in [-0.39, 0.29) is 17.2 Å². The molecule has 0 saturated heterocycles. The number of nitrogens with one attached hydrogen (secondary N) is 1. The maximum absolute atomic E-state index is 13.8. The standard InChI is InChI=1S/C16H14BrFN2O3/c1-9-14(18)7-12(8-15(9)20(22)23)16(21)19-10(2)11-3-5-13(17)6-4-11/h3-8,10H,1-2H3,(H,19,21). The Morgan fingerprint density at radius 2 is 1.91 bits per heavy atom. The van der Waals surface area contributed by atoms with Gasteiger partial charge in [-0.05, 0) is 37.6 Å². The number of nitro benzene ring substituents is 1. The quantitative estimate of drug-likeness (QED) is 0.634. The molecule has 0 bridgehead atoms. The van der Waals surface area contributed by atoms with Crippen molar-refractivity contribution in [2.75, 3.05) is 0 Å². The summed E-state index contributed by atoms with van der Waals surface area (Å²) in [5, 5.41) is 13.6. The Balaban J connectivity index is 2.23. The van der Waals surface area contributed by atoms with Gasteiger partial charge in [-0.3, -0.25) is 14.9 Å². The van der Waals surface area contributed by atoms with Crippen molar-refractivity contribution < 1.29 is 14.1 Å². The number of benzene rings is 2. The Bertz CT molecular complexity index is 763. The van der Waals surface area contributed by atoms with E-state index in [9.17, 15) is 19.3 Å². The average Bonchev–Trinajstić information content (AvgIpc) is 2.49. The molecule has 2 aromatic carbocycles. The van der Waals surface area contributed by atoms with Gasteiger partial charge in [0.1, 0.15) is 5.82 Å². The number of amides is 1. The van der Waals surface area contributed by atoms with Crippen LogP contribution in [0.15, 0.2) is 40.9 Å². The molecule has 2 aromatic rings. The van der Waals surface area contributed by atoms with Gasteiger partial charge in [-0.2, -0.15) is 0 Å². The van der Waals surface area contributed by atoms with Crippen LogP contribution in [0, 0.1) is 22.9 Å². The molecule has 0 spiro atoms. The molecule has 1 unspecified atom stereocenters. The Labute approximate surface area is 140 Å². The van der Waals surface area contributed by atoms with E-state index >= 15 is 0 Å². The number of nitro groups is 1. The first-order chi connectivity index (χ1) is 10.8. The highest BCUT2D eigenvalue weighted by Gasteiger charge is 2.20. The number of rotatable bonds is 4. The Morgan fingerprint density at radius 3 is 2.48 bits per heavy atom. The normalized spacial score (nSPS) is 11.8. The lowest BCUT2D eigenvalue weighted by Crippen LogP contribution is -2.26. The first kappa shape index (κ1) is 17.1. The maximum Gasteiger partial charge on any atom is 0.276 e. The third-order valence-electron chi connectivity index (χ3n) is 3.49. The van der Waals surface area contributed by atoms with Gasteiger partial charge in [0, 0.05) is 16.1 Å². The molecular weight excluding hydrogens is 367 g/mol. The number of carbonyl (C=O) groups excluding carboxylic acids is 1. The molecule has 2 rings (SSSR count). The van der Waals surface area contributed by atoms with E-state index in [4.69, 9.17) is 0 Å². The molecule has 0 saturated carbocycles. The third kappa shape index (κ3) is 3.92. The highest BCUT2D eigenvalue weighted by atomic mass is 79.9. The fraction of sp³-hybridized carbons (Fsp3) is 0.188. The summed E-state index contributed by atoms with van der Waals surface area (Å²) in [5.74, 6) is -1.34. The van der Waals surface area contributed by atoms with E-state index < -0.39 is 22.3 Å². The van der Waals surface area contributed by atoms with Gasteiger partial charge in [0.2, 0.25) is 0 Å². The first-order valence-corrected chi connectivity index (χ1v) is 7.59. The lowest BCUT2D eigenvalue weighted by Gasteiger charge is -2.15. The van der Waals surface area contributed by atoms with Crippen molar-refractivity contribution in [2.45, 2.75) is 19.9 Å². The molecule has 7 heteroatoms. The minimum atomic E-state index is -0.777. The van der Waals surface area contributed by atoms with Crippen LogP contribution in [0.1, 0.15) is 34.5 Å². The van der Waals surface area contributed by atoms with Gasteiger partial charge >= 0.3 is 0 Å². The minimum absolute atomic E-state index is 0.0799. The fourth-order valence-electron chi connectivity index (χ4n) is 2.10. The second-order valence-electron chi connectivity index (χ2n) is 5.11. The predicted molar refractivity (Wildman–Crippen MR) is 87.8 cm³/mol. The number of halogens is 2. The molecule has 1 N–H and O–H groups in total. The summed E-state index contributed by atoms with van der Waals surface area (Å²) in [6.07, 6.45) is 0. The molecular formula is C16H14BrFN2O3. The van der Waals surface area contributed by atoms with Crippen molar-refractivity contribution in [1.29, 1.82) is 0 Å². The summed E-state index contributed by atoms with van der Waals surface area (Å²) in [4.78, 5) is 22.5. The fourth-order valence-corrected chi connectivity index (χ4v) is 2.36. The molecule has 0 fully saturated rings. The molecule has 0 aliphatic heterocycles. The summed E-state index contributed by atoms with van der Waals surface area (Å²) in [6, 6.07) is 9.14. The zero-order valence-corrected chi connectivity index (χ0v) is 14.1. The second kappa shape index (κ2) is 6.87. The van der Waals surface area contributed by atoms with Crippen LogP contribution in [0.4, 0.5) is 10.1 Å². The molecule has 0 aliphatic carbocycles. The van der Waals surface area contributed by atoms with Crippen LogP contribution in [0.2, 0.25) is 0 Å².